The van der Waals surface area contributed by atoms with Gasteiger partial charge in [0.25, 0.3) is 0 Å². The van der Waals surface area contributed by atoms with Crippen LogP contribution < -0.4 is 0 Å². The highest BCUT2D eigenvalue weighted by Gasteiger charge is 1.99. The summed E-state index contributed by atoms with van der Waals surface area (Å²) in [7, 11) is 0. The van der Waals surface area contributed by atoms with Crippen LogP contribution in [-0.2, 0) is 5.75 Å². The molecule has 0 unspecified atom stereocenters. The molecule has 0 radical (unpaired) electrons. The van der Waals surface area contributed by atoms with Crippen LogP contribution in [0.2, 0.25) is 5.15 Å². The van der Waals surface area contributed by atoms with Gasteiger partial charge in [0.05, 0.1) is 0 Å². The van der Waals surface area contributed by atoms with E-state index in [1.165, 1.54) is 6.33 Å². The first-order valence-electron chi connectivity index (χ1n) is 3.93. The molecule has 0 aliphatic carbocycles. The van der Waals surface area contributed by atoms with Gasteiger partial charge in [-0.2, -0.15) is 5.10 Å². The summed E-state index contributed by atoms with van der Waals surface area (Å²) in [5.74, 6) is 0.803. The Kier molecular flexibility index (Phi) is 3.00. The summed E-state index contributed by atoms with van der Waals surface area (Å²) < 4.78 is 0. The quantitative estimate of drug-likeness (QED) is 0.644. The SMILES string of the molecule is Clc1cc(CSc2ncn[nH]2)ccn1. The largest absolute Gasteiger partial charge is 0.254 e. The summed E-state index contributed by atoms with van der Waals surface area (Å²) in [6.45, 7) is 0. The Hall–Kier alpha value is -1.07. The van der Waals surface area contributed by atoms with Gasteiger partial charge in [-0.15, -0.1) is 0 Å². The Labute approximate surface area is 90.1 Å². The van der Waals surface area contributed by atoms with Crippen molar-refractivity contribution < 1.29 is 0 Å². The van der Waals surface area contributed by atoms with Crippen molar-refractivity contribution in [2.75, 3.05) is 0 Å². The number of hydrogen-bond acceptors (Lipinski definition) is 4. The van der Waals surface area contributed by atoms with Crippen molar-refractivity contribution in [3.05, 3.63) is 35.4 Å². The zero-order chi connectivity index (χ0) is 9.80. The van der Waals surface area contributed by atoms with Crippen molar-refractivity contribution in [2.45, 2.75) is 10.9 Å². The molecule has 2 aromatic rings. The van der Waals surface area contributed by atoms with Gasteiger partial charge in [0.1, 0.15) is 11.5 Å². The van der Waals surface area contributed by atoms with Gasteiger partial charge in [0, 0.05) is 11.9 Å². The molecule has 0 aliphatic heterocycles. The van der Waals surface area contributed by atoms with Crippen molar-refractivity contribution in [3.63, 3.8) is 0 Å². The Balaban J connectivity index is 1.98. The molecule has 0 bridgehead atoms. The van der Waals surface area contributed by atoms with Crippen molar-refractivity contribution in [1.82, 2.24) is 20.2 Å². The second-order valence-electron chi connectivity index (χ2n) is 2.57. The number of pyridine rings is 1. The summed E-state index contributed by atoms with van der Waals surface area (Å²) in [6, 6.07) is 3.76. The average molecular weight is 227 g/mol. The normalized spacial score (nSPS) is 10.4. The predicted octanol–water partition coefficient (Wildman–Crippen LogP) is 2.15. The minimum atomic E-state index is 0.515. The molecule has 2 aromatic heterocycles. The number of thioether (sulfide) groups is 1. The minimum Gasteiger partial charge on any atom is -0.254 e. The Morgan fingerprint density at radius 1 is 1.43 bits per heavy atom. The summed E-state index contributed by atoms with van der Waals surface area (Å²) in [5.41, 5.74) is 1.12. The summed E-state index contributed by atoms with van der Waals surface area (Å²) in [4.78, 5) is 7.91. The van der Waals surface area contributed by atoms with Crippen LogP contribution in [0.3, 0.4) is 0 Å². The smallest absolute Gasteiger partial charge is 0.183 e. The third-order valence-electron chi connectivity index (χ3n) is 1.56. The van der Waals surface area contributed by atoms with Crippen LogP contribution in [0.4, 0.5) is 0 Å². The zero-order valence-corrected chi connectivity index (χ0v) is 8.72. The van der Waals surface area contributed by atoms with E-state index in [0.717, 1.165) is 16.5 Å². The second-order valence-corrected chi connectivity index (χ2v) is 3.92. The van der Waals surface area contributed by atoms with Gasteiger partial charge in [-0.3, -0.25) is 5.10 Å². The molecule has 0 aliphatic rings. The molecule has 2 heterocycles. The fourth-order valence-corrected chi connectivity index (χ4v) is 1.87. The van der Waals surface area contributed by atoms with Crippen LogP contribution >= 0.6 is 23.4 Å². The molecule has 0 aromatic carbocycles. The van der Waals surface area contributed by atoms with E-state index >= 15 is 0 Å². The fourth-order valence-electron chi connectivity index (χ4n) is 0.948. The Morgan fingerprint density at radius 3 is 3.07 bits per heavy atom. The summed E-state index contributed by atoms with van der Waals surface area (Å²) >= 11 is 7.32. The lowest BCUT2D eigenvalue weighted by atomic mass is 10.3. The Bertz CT molecular complexity index is 403. The van der Waals surface area contributed by atoms with Crippen molar-refractivity contribution in [1.29, 1.82) is 0 Å². The van der Waals surface area contributed by atoms with Crippen LogP contribution in [0.15, 0.2) is 29.8 Å². The second kappa shape index (κ2) is 4.43. The van der Waals surface area contributed by atoms with Gasteiger partial charge < -0.3 is 0 Å². The van der Waals surface area contributed by atoms with Gasteiger partial charge >= 0.3 is 0 Å². The molecular weight excluding hydrogens is 220 g/mol. The number of nitrogens with zero attached hydrogens (tertiary/aromatic N) is 3. The molecule has 0 fully saturated rings. The van der Waals surface area contributed by atoms with Gasteiger partial charge in [0.15, 0.2) is 5.16 Å². The highest BCUT2D eigenvalue weighted by molar-refractivity contribution is 7.98. The lowest BCUT2D eigenvalue weighted by Gasteiger charge is -1.98. The van der Waals surface area contributed by atoms with Crippen molar-refractivity contribution >= 4 is 23.4 Å². The first-order valence-corrected chi connectivity index (χ1v) is 5.29. The number of aromatic amines is 1. The number of rotatable bonds is 3. The van der Waals surface area contributed by atoms with E-state index in [-0.39, 0.29) is 0 Å². The number of halogens is 1. The summed E-state index contributed by atoms with van der Waals surface area (Å²) in [5, 5.41) is 7.85. The van der Waals surface area contributed by atoms with Crippen LogP contribution in [0.25, 0.3) is 0 Å². The first-order chi connectivity index (χ1) is 6.84. The molecule has 0 saturated heterocycles. The average Bonchev–Trinajstić information content (AvgIpc) is 2.67. The van der Waals surface area contributed by atoms with Crippen LogP contribution in [0, 0.1) is 0 Å². The lowest BCUT2D eigenvalue weighted by Crippen LogP contribution is -1.83. The molecule has 0 atom stereocenters. The minimum absolute atomic E-state index is 0.515. The van der Waals surface area contributed by atoms with Crippen molar-refractivity contribution in [3.8, 4) is 0 Å². The molecule has 0 spiro atoms. The lowest BCUT2D eigenvalue weighted by molar-refractivity contribution is 0.972. The van der Waals surface area contributed by atoms with E-state index in [1.54, 1.807) is 18.0 Å². The zero-order valence-electron chi connectivity index (χ0n) is 7.14. The topological polar surface area (TPSA) is 54.5 Å². The molecule has 1 N–H and O–H groups in total. The monoisotopic (exact) mass is 226 g/mol. The molecule has 6 heteroatoms. The number of hydrogen-bond donors (Lipinski definition) is 1. The maximum absolute atomic E-state index is 5.75. The van der Waals surface area contributed by atoms with E-state index in [2.05, 4.69) is 20.2 Å². The highest BCUT2D eigenvalue weighted by Crippen LogP contribution is 2.19. The van der Waals surface area contributed by atoms with E-state index in [9.17, 15) is 0 Å². The molecular formula is C8H7ClN4S. The molecule has 0 amide bonds. The molecule has 14 heavy (non-hydrogen) atoms. The maximum Gasteiger partial charge on any atom is 0.183 e. The highest BCUT2D eigenvalue weighted by atomic mass is 35.5. The third-order valence-corrected chi connectivity index (χ3v) is 2.71. The third kappa shape index (κ3) is 2.46. The standard InChI is InChI=1S/C8H7ClN4S/c9-7-3-6(1-2-10-7)4-14-8-11-5-12-13-8/h1-3,5H,4H2,(H,11,12,13). The van der Waals surface area contributed by atoms with E-state index in [0.29, 0.717) is 5.15 Å². The van der Waals surface area contributed by atoms with E-state index < -0.39 is 0 Å². The van der Waals surface area contributed by atoms with Crippen LogP contribution in [-0.4, -0.2) is 20.2 Å². The predicted molar refractivity (Wildman–Crippen MR) is 55.2 cm³/mol. The number of H-pyrrole nitrogens is 1. The number of aromatic nitrogens is 4. The van der Waals surface area contributed by atoms with Crippen LogP contribution in [0.1, 0.15) is 5.56 Å². The molecule has 4 nitrogen and oxygen atoms in total. The number of nitrogens with one attached hydrogen (secondary N) is 1. The Morgan fingerprint density at radius 2 is 2.36 bits per heavy atom. The molecule has 72 valence electrons. The fraction of sp³-hybridized carbons (Fsp3) is 0.125. The van der Waals surface area contributed by atoms with Gasteiger partial charge in [-0.05, 0) is 17.7 Å². The van der Waals surface area contributed by atoms with Gasteiger partial charge in [0.2, 0.25) is 0 Å². The van der Waals surface area contributed by atoms with Crippen LogP contribution in [0.5, 0.6) is 0 Å². The van der Waals surface area contributed by atoms with E-state index in [4.69, 9.17) is 11.6 Å². The maximum atomic E-state index is 5.75. The summed E-state index contributed by atoms with van der Waals surface area (Å²) in [6.07, 6.45) is 3.18. The van der Waals surface area contributed by atoms with Crippen molar-refractivity contribution in [2.24, 2.45) is 0 Å². The molecule has 0 saturated carbocycles. The van der Waals surface area contributed by atoms with Gasteiger partial charge in [-0.1, -0.05) is 23.4 Å². The molecule has 2 rings (SSSR count). The van der Waals surface area contributed by atoms with Gasteiger partial charge in [-0.25, -0.2) is 9.97 Å². The van der Waals surface area contributed by atoms with E-state index in [1.807, 2.05) is 12.1 Å². The first kappa shape index (κ1) is 9.48.